The lowest BCUT2D eigenvalue weighted by atomic mass is 9.83. The molecule has 33 aromatic rings. The number of fused-ring (bicyclic) bond motifs is 29. The molecule has 4 heterocycles. The minimum Gasteiger partial charge on any atom is -0.135 e. The van der Waals surface area contributed by atoms with Crippen LogP contribution in [0.3, 0.4) is 0 Å². The van der Waals surface area contributed by atoms with Crippen molar-refractivity contribution in [3.05, 3.63) is 522 Å². The summed E-state index contributed by atoms with van der Waals surface area (Å²) >= 11 is 7.59. The number of hydrogen-bond donors (Lipinski definition) is 0. The number of hydrogen-bond acceptors (Lipinski definition) is 4. The molecule has 4 heteroatoms. The van der Waals surface area contributed by atoms with E-state index in [1.165, 1.54) is 321 Å². The van der Waals surface area contributed by atoms with E-state index >= 15 is 0 Å². The van der Waals surface area contributed by atoms with Gasteiger partial charge in [-0.1, -0.05) is 425 Å². The lowest BCUT2D eigenvalue weighted by Crippen LogP contribution is -1.92. The molecule has 0 saturated carbocycles. The number of benzene rings is 29. The second kappa shape index (κ2) is 34.8. The fraction of sp³-hybridized carbons (Fsp3) is 0. The Morgan fingerprint density at radius 1 is 0.100 bits per heavy atom. The Kier molecular flexibility index (Phi) is 20.0. The highest BCUT2D eigenvalue weighted by Crippen LogP contribution is 2.56. The van der Waals surface area contributed by atoms with Crippen LogP contribution in [-0.4, -0.2) is 0 Å². The Morgan fingerprint density at radius 3 is 0.767 bits per heavy atom. The number of thiophene rings is 4. The minimum atomic E-state index is 1.23. The SMILES string of the molecule is c1ccc2c(c1)sc1c3ccccc3c(-c3c4ccccc4c(-c4cc5c6ccccc6sc5c5ccccc45)c4ccccc34)cc21.c1ccc2cc(-c3c4ccccc4c(-c4ccc5ccccc5c4)c4cc(-c5ccc6c(c5)sc5cc7ccccc7cc56)ccc34)ccc2c1.c1ccc2cc(-c3c4ccccc4c(-c4ccc5ccccc5c4)c4cc(-c5ccc6sc7ccc8ccccc8c7c6c5)ccc34)ccc2c1. The lowest BCUT2D eigenvalue weighted by molar-refractivity contribution is 1.66. The van der Waals surface area contributed by atoms with Gasteiger partial charge in [0.2, 0.25) is 0 Å². The third-order valence-corrected chi connectivity index (χ3v) is 36.5. The molecule has 150 heavy (non-hydrogen) atoms. The summed E-state index contributed by atoms with van der Waals surface area (Å²) in [6, 6.07) is 194. The molecule has 0 aliphatic carbocycles. The molecular formula is C146H86S4. The molecule has 694 valence electrons. The van der Waals surface area contributed by atoms with Crippen LogP contribution in [0.2, 0.25) is 0 Å². The van der Waals surface area contributed by atoms with Crippen LogP contribution in [0.4, 0.5) is 0 Å². The van der Waals surface area contributed by atoms with Crippen LogP contribution in [0, 0.1) is 0 Å². The topological polar surface area (TPSA) is 0 Å². The third kappa shape index (κ3) is 14.0. The van der Waals surface area contributed by atoms with Gasteiger partial charge in [0.25, 0.3) is 0 Å². The molecule has 0 fully saturated rings. The van der Waals surface area contributed by atoms with Crippen LogP contribution in [0.15, 0.2) is 522 Å². The first kappa shape index (κ1) is 86.2. The summed E-state index contributed by atoms with van der Waals surface area (Å²) in [4.78, 5) is 0. The van der Waals surface area contributed by atoms with Crippen LogP contribution in [-0.2, 0) is 0 Å². The van der Waals surface area contributed by atoms with E-state index in [1.54, 1.807) is 0 Å². The van der Waals surface area contributed by atoms with Crippen molar-refractivity contribution in [3.63, 3.8) is 0 Å². The van der Waals surface area contributed by atoms with Gasteiger partial charge in [0.1, 0.15) is 0 Å². The van der Waals surface area contributed by atoms with Gasteiger partial charge >= 0.3 is 0 Å². The van der Waals surface area contributed by atoms with E-state index in [4.69, 9.17) is 0 Å². The second-order valence-electron chi connectivity index (χ2n) is 40.1. The van der Waals surface area contributed by atoms with Crippen molar-refractivity contribution >= 4 is 277 Å². The zero-order chi connectivity index (χ0) is 98.3. The van der Waals surface area contributed by atoms with E-state index < -0.39 is 0 Å². The Hall–Kier alpha value is -18.1. The smallest absolute Gasteiger partial charge is 0.0434 e. The Morgan fingerprint density at radius 2 is 0.353 bits per heavy atom. The van der Waals surface area contributed by atoms with Crippen molar-refractivity contribution in [1.29, 1.82) is 0 Å². The van der Waals surface area contributed by atoms with Crippen LogP contribution in [0.25, 0.3) is 321 Å². The molecule has 4 aromatic heterocycles. The standard InChI is InChI=1S/2C50H30S.C46H26S2/c1-3-12-34-27-38(19-17-31(34)9-1)48-41-15-7-8-16-42(41)49(39-20-18-32-10-2-4-13-35(32)28-39)44-29-36(21-24-43(44)48)37-23-25-46-45(30-37)50-40-14-6-5-11-33(40)22-26-47(50)51-46;1-3-11-33-25-39(19-17-31(33)9-1)49-42-15-7-8-16-43(42)50(40-20-18-32-10-2-4-12-34(32)26-40)46-28-37(22-24-44(46)49)38-21-23-41-45-27-35-13-5-6-14-36(35)29-48(45)51-47(41)30-38;1-7-21-35-27(13-1)37(25-39-29-15-9-11-23-41(29)47-45(35)39)43-31-17-3-5-19-33(31)44(34-20-6-4-18-32(34)43)38-26-40-30-16-10-12-24-42(30)48-46(40)36-22-8-2-14-28(36)38/h2*1-30H;1-26H. The average Bonchev–Trinajstić information content (AvgIpc) is 1.24. The largest absolute Gasteiger partial charge is 0.135 e. The number of rotatable bonds is 8. The summed E-state index contributed by atoms with van der Waals surface area (Å²) in [6.45, 7) is 0. The maximum atomic E-state index is 2.48. The first-order chi connectivity index (χ1) is 74.3. The predicted octanol–water partition coefficient (Wildman–Crippen LogP) is 44.0. The van der Waals surface area contributed by atoms with Gasteiger partial charge in [-0.05, 0) is 326 Å². The second-order valence-corrected chi connectivity index (χ2v) is 44.3. The highest BCUT2D eigenvalue weighted by Gasteiger charge is 2.27. The lowest BCUT2D eigenvalue weighted by Gasteiger charge is -2.20. The van der Waals surface area contributed by atoms with Crippen molar-refractivity contribution in [2.75, 3.05) is 0 Å². The van der Waals surface area contributed by atoms with Crippen molar-refractivity contribution in [2.45, 2.75) is 0 Å². The van der Waals surface area contributed by atoms with Gasteiger partial charge in [-0.25, -0.2) is 0 Å². The monoisotopic (exact) mass is 1970 g/mol. The van der Waals surface area contributed by atoms with E-state index in [2.05, 4.69) is 522 Å². The summed E-state index contributed by atoms with van der Waals surface area (Å²) in [7, 11) is 0. The Balaban J connectivity index is 0.000000101. The first-order valence-electron chi connectivity index (χ1n) is 51.6. The van der Waals surface area contributed by atoms with E-state index in [0.717, 1.165) is 0 Å². The molecule has 0 N–H and O–H groups in total. The molecule has 0 radical (unpaired) electrons. The highest BCUT2D eigenvalue weighted by molar-refractivity contribution is 7.27. The molecule has 0 saturated heterocycles. The van der Waals surface area contributed by atoms with Gasteiger partial charge in [0, 0.05) is 91.5 Å². The van der Waals surface area contributed by atoms with E-state index in [0.29, 0.717) is 0 Å². The van der Waals surface area contributed by atoms with Crippen molar-refractivity contribution in [1.82, 2.24) is 0 Å². The Bertz CT molecular complexity index is 11300. The molecule has 29 aromatic carbocycles. The van der Waals surface area contributed by atoms with Crippen LogP contribution in [0.5, 0.6) is 0 Å². The fourth-order valence-corrected chi connectivity index (χ4v) is 29.6. The van der Waals surface area contributed by atoms with Gasteiger partial charge in [-0.2, -0.15) is 0 Å². The van der Waals surface area contributed by atoms with Gasteiger partial charge in [0.05, 0.1) is 0 Å². The van der Waals surface area contributed by atoms with Gasteiger partial charge in [0.15, 0.2) is 0 Å². The molecule has 0 atom stereocenters. The summed E-state index contributed by atoms with van der Waals surface area (Å²) in [5.74, 6) is 0. The molecule has 0 aliphatic rings. The molecule has 0 nitrogen and oxygen atoms in total. The molecule has 0 spiro atoms. The van der Waals surface area contributed by atoms with Crippen molar-refractivity contribution in [2.24, 2.45) is 0 Å². The Labute approximate surface area is 880 Å². The molecular weight excluding hydrogens is 1880 g/mol. The predicted molar refractivity (Wildman–Crippen MR) is 659 cm³/mol. The summed E-state index contributed by atoms with van der Waals surface area (Å²) in [5.41, 5.74) is 20.3. The maximum absolute atomic E-state index is 2.48. The molecule has 0 amide bonds. The molecule has 0 aliphatic heterocycles. The molecule has 33 rings (SSSR count). The van der Waals surface area contributed by atoms with Gasteiger partial charge in [-0.3, -0.25) is 0 Å². The maximum Gasteiger partial charge on any atom is 0.0434 e. The van der Waals surface area contributed by atoms with E-state index in [1.807, 2.05) is 45.3 Å². The first-order valence-corrected chi connectivity index (χ1v) is 54.9. The van der Waals surface area contributed by atoms with E-state index in [-0.39, 0.29) is 0 Å². The molecule has 0 bridgehead atoms. The van der Waals surface area contributed by atoms with Gasteiger partial charge in [-0.15, -0.1) is 45.3 Å². The van der Waals surface area contributed by atoms with Crippen LogP contribution >= 0.6 is 45.3 Å². The molecule has 0 unspecified atom stereocenters. The normalized spacial score (nSPS) is 12.0. The summed E-state index contributed by atoms with van der Waals surface area (Å²) in [6.07, 6.45) is 0. The third-order valence-electron chi connectivity index (χ3n) is 31.8. The summed E-state index contributed by atoms with van der Waals surface area (Å²) in [5, 5.41) is 46.5. The zero-order valence-corrected chi connectivity index (χ0v) is 84.6. The van der Waals surface area contributed by atoms with Crippen molar-refractivity contribution < 1.29 is 0 Å². The van der Waals surface area contributed by atoms with Crippen molar-refractivity contribution in [3.8, 4) is 89.0 Å². The minimum absolute atomic E-state index is 1.23. The highest BCUT2D eigenvalue weighted by atomic mass is 32.1. The fourth-order valence-electron chi connectivity index (χ4n) is 24.9. The quantitative estimate of drug-likeness (QED) is 0.133. The van der Waals surface area contributed by atoms with E-state index in [9.17, 15) is 0 Å². The average molecular weight is 1970 g/mol. The van der Waals surface area contributed by atoms with Crippen LogP contribution in [0.1, 0.15) is 0 Å². The van der Waals surface area contributed by atoms with Crippen LogP contribution < -0.4 is 0 Å². The van der Waals surface area contributed by atoms with Gasteiger partial charge < -0.3 is 0 Å². The summed E-state index contributed by atoms with van der Waals surface area (Å²) < 4.78 is 10.7. The zero-order valence-electron chi connectivity index (χ0n) is 81.3.